The summed E-state index contributed by atoms with van der Waals surface area (Å²) >= 11 is 0. The summed E-state index contributed by atoms with van der Waals surface area (Å²) in [7, 11) is 0. The van der Waals surface area contributed by atoms with Crippen LogP contribution in [-0.2, 0) is 9.53 Å². The number of hydrogen-bond donors (Lipinski definition) is 1. The van der Waals surface area contributed by atoms with Crippen molar-refractivity contribution in [2.45, 2.75) is 38.0 Å². The summed E-state index contributed by atoms with van der Waals surface area (Å²) in [5.74, 6) is -1.79. The normalized spacial score (nSPS) is 17.4. The van der Waals surface area contributed by atoms with E-state index in [1.54, 1.807) is 12.1 Å². The zero-order valence-electron chi connectivity index (χ0n) is 18.8. The van der Waals surface area contributed by atoms with Crippen molar-refractivity contribution in [1.82, 2.24) is 14.9 Å². The SMILES string of the molecule is CC(C)Oc1ncc([C@H](c2ccc(F)cc2)[C@H](N)C(=O)N2C(=O)OC[C@@H]2c2ccccc2)cn1. The van der Waals surface area contributed by atoms with E-state index >= 15 is 0 Å². The highest BCUT2D eigenvalue weighted by atomic mass is 19.1. The predicted molar refractivity (Wildman–Crippen MR) is 121 cm³/mol. The molecule has 9 heteroatoms. The molecule has 176 valence electrons. The van der Waals surface area contributed by atoms with Crippen LogP contribution in [0.4, 0.5) is 9.18 Å². The van der Waals surface area contributed by atoms with Crippen LogP contribution in [0.5, 0.6) is 6.01 Å². The third-order valence-corrected chi connectivity index (χ3v) is 5.52. The highest BCUT2D eigenvalue weighted by Gasteiger charge is 2.43. The van der Waals surface area contributed by atoms with Gasteiger partial charge in [-0.3, -0.25) is 4.79 Å². The first-order valence-corrected chi connectivity index (χ1v) is 10.9. The number of hydrogen-bond acceptors (Lipinski definition) is 7. The number of benzene rings is 2. The summed E-state index contributed by atoms with van der Waals surface area (Å²) in [5, 5.41) is 0. The fraction of sp³-hybridized carbons (Fsp3) is 0.280. The summed E-state index contributed by atoms with van der Waals surface area (Å²) in [6, 6.07) is 13.2. The van der Waals surface area contributed by atoms with E-state index in [0.717, 1.165) is 10.5 Å². The monoisotopic (exact) mass is 464 g/mol. The number of amides is 2. The number of nitrogens with zero attached hydrogens (tertiary/aromatic N) is 3. The van der Waals surface area contributed by atoms with Crippen molar-refractivity contribution in [3.05, 3.63) is 89.5 Å². The summed E-state index contributed by atoms with van der Waals surface area (Å²) in [4.78, 5) is 35.6. The van der Waals surface area contributed by atoms with Crippen molar-refractivity contribution >= 4 is 12.0 Å². The van der Waals surface area contributed by atoms with Gasteiger partial charge in [-0.25, -0.2) is 24.1 Å². The van der Waals surface area contributed by atoms with Gasteiger partial charge in [-0.2, -0.15) is 0 Å². The van der Waals surface area contributed by atoms with Crippen molar-refractivity contribution in [3.8, 4) is 6.01 Å². The fourth-order valence-corrected chi connectivity index (χ4v) is 3.92. The minimum Gasteiger partial charge on any atom is -0.461 e. The van der Waals surface area contributed by atoms with Crippen molar-refractivity contribution < 1.29 is 23.5 Å². The average molecular weight is 464 g/mol. The number of cyclic esters (lactones) is 1. The molecule has 1 fully saturated rings. The molecule has 0 aliphatic carbocycles. The Morgan fingerprint density at radius 3 is 2.35 bits per heavy atom. The third kappa shape index (κ3) is 4.89. The molecule has 0 radical (unpaired) electrons. The van der Waals surface area contributed by atoms with Gasteiger partial charge in [0.15, 0.2) is 0 Å². The second-order valence-electron chi connectivity index (χ2n) is 8.23. The Balaban J connectivity index is 1.68. The quantitative estimate of drug-likeness (QED) is 0.569. The summed E-state index contributed by atoms with van der Waals surface area (Å²) in [6.07, 6.45) is 2.16. The molecule has 1 saturated heterocycles. The van der Waals surface area contributed by atoms with Gasteiger partial charge in [0.25, 0.3) is 5.91 Å². The first-order chi connectivity index (χ1) is 16.3. The number of rotatable bonds is 7. The minimum atomic E-state index is -1.19. The van der Waals surface area contributed by atoms with Gasteiger partial charge in [0, 0.05) is 18.3 Å². The number of halogens is 1. The molecule has 2 heterocycles. The van der Waals surface area contributed by atoms with Crippen LogP contribution in [0.3, 0.4) is 0 Å². The first-order valence-electron chi connectivity index (χ1n) is 10.9. The largest absolute Gasteiger partial charge is 0.461 e. The molecule has 2 aromatic carbocycles. The molecule has 0 unspecified atom stereocenters. The Labute approximate surface area is 196 Å². The molecule has 4 rings (SSSR count). The zero-order chi connectivity index (χ0) is 24.2. The van der Waals surface area contributed by atoms with Crippen LogP contribution in [0.2, 0.25) is 0 Å². The predicted octanol–water partition coefficient (Wildman–Crippen LogP) is 3.58. The Kier molecular flexibility index (Phi) is 6.83. The number of imide groups is 1. The minimum absolute atomic E-state index is 0.0346. The summed E-state index contributed by atoms with van der Waals surface area (Å²) in [5.41, 5.74) is 8.34. The summed E-state index contributed by atoms with van der Waals surface area (Å²) in [6.45, 7) is 3.74. The van der Waals surface area contributed by atoms with Gasteiger partial charge in [-0.05, 0) is 42.7 Å². The topological polar surface area (TPSA) is 108 Å². The Morgan fingerprint density at radius 1 is 1.09 bits per heavy atom. The Morgan fingerprint density at radius 2 is 1.74 bits per heavy atom. The van der Waals surface area contributed by atoms with Gasteiger partial charge in [-0.1, -0.05) is 42.5 Å². The second kappa shape index (κ2) is 9.96. The van der Waals surface area contributed by atoms with Crippen LogP contribution in [0, 0.1) is 5.82 Å². The molecule has 0 saturated carbocycles. The van der Waals surface area contributed by atoms with Gasteiger partial charge in [0.1, 0.15) is 18.5 Å². The van der Waals surface area contributed by atoms with Crippen LogP contribution < -0.4 is 10.5 Å². The number of nitrogens with two attached hydrogens (primary N) is 1. The fourth-order valence-electron chi connectivity index (χ4n) is 3.92. The molecule has 2 N–H and O–H groups in total. The lowest BCUT2D eigenvalue weighted by atomic mass is 9.86. The maximum atomic E-state index is 13.6. The third-order valence-electron chi connectivity index (χ3n) is 5.52. The average Bonchev–Trinajstić information content (AvgIpc) is 3.22. The zero-order valence-corrected chi connectivity index (χ0v) is 18.8. The summed E-state index contributed by atoms with van der Waals surface area (Å²) < 4.78 is 24.3. The Bertz CT molecular complexity index is 1140. The van der Waals surface area contributed by atoms with Crippen LogP contribution in [0.1, 0.15) is 42.5 Å². The van der Waals surface area contributed by atoms with E-state index in [9.17, 15) is 14.0 Å². The van der Waals surface area contributed by atoms with Crippen molar-refractivity contribution in [2.24, 2.45) is 5.73 Å². The molecule has 3 aromatic rings. The highest BCUT2D eigenvalue weighted by Crippen LogP contribution is 2.33. The molecule has 3 atom stereocenters. The molecule has 1 aliphatic rings. The van der Waals surface area contributed by atoms with Gasteiger partial charge in [0.2, 0.25) is 0 Å². The lowest BCUT2D eigenvalue weighted by Crippen LogP contribution is -2.48. The molecule has 1 aliphatic heterocycles. The molecule has 0 spiro atoms. The molecule has 2 amide bonds. The number of aromatic nitrogens is 2. The van der Waals surface area contributed by atoms with Crippen LogP contribution in [0.15, 0.2) is 67.0 Å². The molecular weight excluding hydrogens is 439 g/mol. The first kappa shape index (κ1) is 23.3. The van der Waals surface area contributed by atoms with Crippen LogP contribution in [0.25, 0.3) is 0 Å². The van der Waals surface area contributed by atoms with Crippen molar-refractivity contribution in [3.63, 3.8) is 0 Å². The lowest BCUT2D eigenvalue weighted by molar-refractivity contribution is -0.131. The maximum Gasteiger partial charge on any atom is 0.417 e. The van der Waals surface area contributed by atoms with E-state index in [1.807, 2.05) is 44.2 Å². The lowest BCUT2D eigenvalue weighted by Gasteiger charge is -2.28. The van der Waals surface area contributed by atoms with Crippen LogP contribution >= 0.6 is 0 Å². The Hall–Kier alpha value is -3.85. The smallest absolute Gasteiger partial charge is 0.417 e. The molecule has 8 nitrogen and oxygen atoms in total. The molecule has 0 bridgehead atoms. The van der Waals surface area contributed by atoms with E-state index < -0.39 is 35.8 Å². The standard InChI is InChI=1S/C25H25FN4O4/c1-15(2)34-24-28-12-18(13-29-24)21(17-8-10-19(26)11-9-17)22(27)23(31)30-20(14-33-25(30)32)16-6-4-3-5-7-16/h3-13,15,20-22H,14,27H2,1-2H3/t20-,21+,22+/m1/s1. The van der Waals surface area contributed by atoms with E-state index in [4.69, 9.17) is 15.2 Å². The second-order valence-corrected chi connectivity index (χ2v) is 8.23. The van der Waals surface area contributed by atoms with E-state index in [0.29, 0.717) is 11.1 Å². The van der Waals surface area contributed by atoms with Crippen molar-refractivity contribution in [2.75, 3.05) is 6.61 Å². The number of ether oxygens (including phenoxy) is 2. The van der Waals surface area contributed by atoms with Gasteiger partial charge in [0.05, 0.1) is 12.1 Å². The highest BCUT2D eigenvalue weighted by molar-refractivity contribution is 5.97. The van der Waals surface area contributed by atoms with E-state index in [2.05, 4.69) is 9.97 Å². The molecular formula is C25H25FN4O4. The maximum absolute atomic E-state index is 13.6. The van der Waals surface area contributed by atoms with Gasteiger partial charge < -0.3 is 15.2 Å². The van der Waals surface area contributed by atoms with Gasteiger partial charge in [-0.15, -0.1) is 0 Å². The molecule has 34 heavy (non-hydrogen) atoms. The van der Waals surface area contributed by atoms with Gasteiger partial charge >= 0.3 is 12.1 Å². The van der Waals surface area contributed by atoms with Crippen LogP contribution in [-0.4, -0.2) is 45.6 Å². The van der Waals surface area contributed by atoms with E-state index in [1.165, 1.54) is 24.5 Å². The van der Waals surface area contributed by atoms with Crippen molar-refractivity contribution in [1.29, 1.82) is 0 Å². The molecule has 1 aromatic heterocycles. The number of carbonyl (C=O) groups excluding carboxylic acids is 2. The van der Waals surface area contributed by atoms with E-state index in [-0.39, 0.29) is 18.7 Å². The number of carbonyl (C=O) groups is 2.